The van der Waals surface area contributed by atoms with Gasteiger partial charge in [0, 0.05) is 15.0 Å². The quantitative estimate of drug-likeness (QED) is 0.793. The third-order valence-corrected chi connectivity index (χ3v) is 4.06. The Bertz CT molecular complexity index is 613. The third-order valence-electron chi connectivity index (χ3n) is 2.63. The average Bonchev–Trinajstić information content (AvgIpc) is 2.96. The van der Waals surface area contributed by atoms with Gasteiger partial charge in [-0.2, -0.15) is 0 Å². The van der Waals surface area contributed by atoms with Crippen LogP contribution in [0.2, 0.25) is 0 Å². The predicted molar refractivity (Wildman–Crippen MR) is 86.4 cm³/mol. The van der Waals surface area contributed by atoms with E-state index in [2.05, 4.69) is 21.2 Å². The highest BCUT2D eigenvalue weighted by Gasteiger charge is 2.08. The molecule has 0 aliphatic heterocycles. The lowest BCUT2D eigenvalue weighted by molar-refractivity contribution is -0.147. The number of esters is 1. The van der Waals surface area contributed by atoms with Crippen LogP contribution < -0.4 is 5.32 Å². The molecule has 2 aromatic rings. The molecule has 1 heterocycles. The molecule has 0 radical (unpaired) electrons. The van der Waals surface area contributed by atoms with E-state index in [9.17, 15) is 9.59 Å². The Balaban J connectivity index is 1.69. The summed E-state index contributed by atoms with van der Waals surface area (Å²) in [4.78, 5) is 24.3. The molecule has 0 aliphatic carbocycles. The summed E-state index contributed by atoms with van der Waals surface area (Å²) in [5, 5.41) is 4.63. The molecule has 0 atom stereocenters. The second-order valence-electron chi connectivity index (χ2n) is 4.30. The molecule has 4 nitrogen and oxygen atoms in total. The van der Waals surface area contributed by atoms with Crippen molar-refractivity contribution in [1.82, 2.24) is 0 Å². The second-order valence-corrected chi connectivity index (χ2v) is 6.25. The van der Waals surface area contributed by atoms with Crippen molar-refractivity contribution in [3.63, 3.8) is 0 Å². The number of halogens is 1. The number of nitrogens with one attached hydrogen (secondary N) is 1. The van der Waals surface area contributed by atoms with Gasteiger partial charge in [0.15, 0.2) is 6.61 Å². The molecule has 0 saturated carbocycles. The summed E-state index contributed by atoms with van der Waals surface area (Å²) in [5.41, 5.74) is 0.656. The minimum atomic E-state index is -0.368. The standard InChI is InChI=1S/C15H14BrNO3S/c16-11-3-1-4-12(9-11)17-14(18)10-20-15(19)7-6-13-5-2-8-21-13/h1-5,8-9H,6-7,10H2,(H,17,18). The fraction of sp³-hybridized carbons (Fsp3) is 0.200. The first-order valence-electron chi connectivity index (χ1n) is 6.37. The molecule has 0 fully saturated rings. The number of aryl methyl sites for hydroxylation is 1. The van der Waals surface area contributed by atoms with Crippen LogP contribution in [0.1, 0.15) is 11.3 Å². The lowest BCUT2D eigenvalue weighted by Gasteiger charge is -2.06. The monoisotopic (exact) mass is 367 g/mol. The topological polar surface area (TPSA) is 55.4 Å². The Labute approximate surface area is 135 Å². The Hall–Kier alpha value is -1.66. The van der Waals surface area contributed by atoms with E-state index in [1.54, 1.807) is 23.5 Å². The van der Waals surface area contributed by atoms with Gasteiger partial charge in [-0.25, -0.2) is 0 Å². The maximum Gasteiger partial charge on any atom is 0.306 e. The lowest BCUT2D eigenvalue weighted by atomic mass is 10.3. The summed E-state index contributed by atoms with van der Waals surface area (Å²) in [6, 6.07) is 11.1. The first kappa shape index (κ1) is 15.7. The SMILES string of the molecule is O=C(COC(=O)CCc1cccs1)Nc1cccc(Br)c1. The Kier molecular flexibility index (Phi) is 5.95. The van der Waals surface area contributed by atoms with Crippen molar-refractivity contribution in [2.75, 3.05) is 11.9 Å². The number of thiophene rings is 1. The number of rotatable bonds is 6. The van der Waals surface area contributed by atoms with Crippen LogP contribution in [0.25, 0.3) is 0 Å². The molecule has 1 amide bonds. The number of carbonyl (C=O) groups excluding carboxylic acids is 2. The second kappa shape index (κ2) is 7.95. The normalized spacial score (nSPS) is 10.1. The number of carbonyl (C=O) groups is 2. The van der Waals surface area contributed by atoms with Gasteiger partial charge in [0.2, 0.25) is 0 Å². The zero-order valence-electron chi connectivity index (χ0n) is 11.2. The summed E-state index contributed by atoms with van der Waals surface area (Å²) in [5.74, 6) is -0.717. The number of hydrogen-bond donors (Lipinski definition) is 1. The molecule has 21 heavy (non-hydrogen) atoms. The summed E-state index contributed by atoms with van der Waals surface area (Å²) < 4.78 is 5.82. The van der Waals surface area contributed by atoms with Crippen LogP contribution in [0.15, 0.2) is 46.3 Å². The third kappa shape index (κ3) is 5.69. The molecule has 1 N–H and O–H groups in total. The van der Waals surface area contributed by atoms with Gasteiger partial charge in [0.05, 0.1) is 6.42 Å². The van der Waals surface area contributed by atoms with Crippen LogP contribution in [-0.4, -0.2) is 18.5 Å². The van der Waals surface area contributed by atoms with Crippen molar-refractivity contribution in [3.05, 3.63) is 51.1 Å². The highest BCUT2D eigenvalue weighted by molar-refractivity contribution is 9.10. The van der Waals surface area contributed by atoms with Gasteiger partial charge in [-0.15, -0.1) is 11.3 Å². The van der Waals surface area contributed by atoms with E-state index in [4.69, 9.17) is 4.74 Å². The van der Waals surface area contributed by atoms with Gasteiger partial charge in [-0.1, -0.05) is 28.1 Å². The highest BCUT2D eigenvalue weighted by atomic mass is 79.9. The van der Waals surface area contributed by atoms with Gasteiger partial charge >= 0.3 is 5.97 Å². The summed E-state index contributed by atoms with van der Waals surface area (Å²) in [6.45, 7) is -0.268. The Morgan fingerprint density at radius 3 is 2.81 bits per heavy atom. The highest BCUT2D eigenvalue weighted by Crippen LogP contribution is 2.15. The summed E-state index contributed by atoms with van der Waals surface area (Å²) in [7, 11) is 0. The van der Waals surface area contributed by atoms with Crippen molar-refractivity contribution in [1.29, 1.82) is 0 Å². The van der Waals surface area contributed by atoms with Crippen LogP contribution in [0.3, 0.4) is 0 Å². The molecule has 6 heteroatoms. The van der Waals surface area contributed by atoms with Gasteiger partial charge < -0.3 is 10.1 Å². The van der Waals surface area contributed by atoms with Gasteiger partial charge in [0.25, 0.3) is 5.91 Å². The molecule has 0 aliphatic rings. The smallest absolute Gasteiger partial charge is 0.306 e. The molecule has 1 aromatic carbocycles. The Morgan fingerprint density at radius 1 is 1.24 bits per heavy atom. The van der Waals surface area contributed by atoms with Gasteiger partial charge in [-0.3, -0.25) is 9.59 Å². The largest absolute Gasteiger partial charge is 0.456 e. The molecule has 0 spiro atoms. The fourth-order valence-corrected chi connectivity index (χ4v) is 2.77. The number of amides is 1. The summed E-state index contributed by atoms with van der Waals surface area (Å²) >= 11 is 4.92. The fourth-order valence-electron chi connectivity index (χ4n) is 1.66. The number of benzene rings is 1. The van der Waals surface area contributed by atoms with E-state index in [-0.39, 0.29) is 24.9 Å². The van der Waals surface area contributed by atoms with Crippen LogP contribution in [0, 0.1) is 0 Å². The van der Waals surface area contributed by atoms with Crippen LogP contribution in [0.4, 0.5) is 5.69 Å². The van der Waals surface area contributed by atoms with Gasteiger partial charge in [0.1, 0.15) is 0 Å². The molecule has 1 aromatic heterocycles. The number of anilines is 1. The first-order valence-corrected chi connectivity index (χ1v) is 8.04. The molecule has 110 valence electrons. The molecule has 0 unspecified atom stereocenters. The molecule has 0 saturated heterocycles. The van der Waals surface area contributed by atoms with E-state index < -0.39 is 0 Å². The molecular weight excluding hydrogens is 354 g/mol. The van der Waals surface area contributed by atoms with E-state index in [1.807, 2.05) is 29.6 Å². The lowest BCUT2D eigenvalue weighted by Crippen LogP contribution is -2.20. The average molecular weight is 368 g/mol. The molecule has 2 rings (SSSR count). The van der Waals surface area contributed by atoms with Crippen LogP contribution in [-0.2, 0) is 20.7 Å². The zero-order chi connectivity index (χ0) is 15.1. The van der Waals surface area contributed by atoms with Crippen molar-refractivity contribution in [3.8, 4) is 0 Å². The van der Waals surface area contributed by atoms with Crippen molar-refractivity contribution >= 4 is 44.8 Å². The van der Waals surface area contributed by atoms with E-state index in [1.165, 1.54) is 0 Å². The maximum atomic E-state index is 11.7. The predicted octanol–water partition coefficient (Wildman–Crippen LogP) is 3.63. The zero-order valence-corrected chi connectivity index (χ0v) is 13.6. The van der Waals surface area contributed by atoms with E-state index >= 15 is 0 Å². The Morgan fingerprint density at radius 2 is 2.10 bits per heavy atom. The number of hydrogen-bond acceptors (Lipinski definition) is 4. The minimum absolute atomic E-state index is 0.268. The minimum Gasteiger partial charge on any atom is -0.456 e. The van der Waals surface area contributed by atoms with Crippen molar-refractivity contribution in [2.24, 2.45) is 0 Å². The van der Waals surface area contributed by atoms with E-state index in [0.29, 0.717) is 12.1 Å². The van der Waals surface area contributed by atoms with Crippen molar-refractivity contribution < 1.29 is 14.3 Å². The van der Waals surface area contributed by atoms with Crippen molar-refractivity contribution in [2.45, 2.75) is 12.8 Å². The summed E-state index contributed by atoms with van der Waals surface area (Å²) in [6.07, 6.45) is 0.925. The maximum absolute atomic E-state index is 11.7. The number of ether oxygens (including phenoxy) is 1. The molecular formula is C15H14BrNO3S. The van der Waals surface area contributed by atoms with Crippen LogP contribution in [0.5, 0.6) is 0 Å². The molecule has 0 bridgehead atoms. The first-order chi connectivity index (χ1) is 10.1. The van der Waals surface area contributed by atoms with Crippen LogP contribution >= 0.6 is 27.3 Å². The van der Waals surface area contributed by atoms with E-state index in [0.717, 1.165) is 9.35 Å². The van der Waals surface area contributed by atoms with Gasteiger partial charge in [-0.05, 0) is 36.1 Å².